The Morgan fingerprint density at radius 3 is 2.37 bits per heavy atom. The Hall–Kier alpha value is -1.40. The zero-order chi connectivity index (χ0) is 14.5. The number of hydrogen-bond donors (Lipinski definition) is 2. The average Bonchev–Trinajstić information content (AvgIpc) is 2.34. The highest BCUT2D eigenvalue weighted by Gasteiger charge is 2.24. The third-order valence-electron chi connectivity index (χ3n) is 2.58. The number of nitrogens with zero attached hydrogens (tertiary/aromatic N) is 1. The van der Waals surface area contributed by atoms with E-state index in [0.29, 0.717) is 6.54 Å². The van der Waals surface area contributed by atoms with Crippen LogP contribution in [0.15, 0.2) is 35.2 Å². The lowest BCUT2D eigenvalue weighted by molar-refractivity contribution is 0.374. The molecule has 0 amide bonds. The molecule has 3 N–H and O–H groups in total. The van der Waals surface area contributed by atoms with Crippen molar-refractivity contribution in [3.05, 3.63) is 30.3 Å². The molecule has 0 aliphatic rings. The molecule has 19 heavy (non-hydrogen) atoms. The van der Waals surface area contributed by atoms with Gasteiger partial charge in [-0.1, -0.05) is 32.0 Å². The first-order chi connectivity index (χ1) is 8.84. The molecular formula is C13H21N3O2S. The summed E-state index contributed by atoms with van der Waals surface area (Å²) in [6.07, 6.45) is 0.249. The summed E-state index contributed by atoms with van der Waals surface area (Å²) in [6, 6.07) is 8.34. The van der Waals surface area contributed by atoms with E-state index in [1.54, 1.807) is 30.3 Å². The normalized spacial score (nSPS) is 12.0. The summed E-state index contributed by atoms with van der Waals surface area (Å²) in [6.45, 7) is 4.58. The van der Waals surface area contributed by atoms with Crippen molar-refractivity contribution in [3.63, 3.8) is 0 Å². The number of benzene rings is 1. The maximum atomic E-state index is 12.5. The summed E-state index contributed by atoms with van der Waals surface area (Å²) >= 11 is 0. The summed E-state index contributed by atoms with van der Waals surface area (Å²) in [5, 5.41) is 7.24. The van der Waals surface area contributed by atoms with Gasteiger partial charge in [0.15, 0.2) is 0 Å². The van der Waals surface area contributed by atoms with Gasteiger partial charge in [0.05, 0.1) is 10.7 Å². The minimum absolute atomic E-state index is 0.00276. The molecule has 0 atom stereocenters. The summed E-state index contributed by atoms with van der Waals surface area (Å²) in [5.41, 5.74) is 5.32. The summed E-state index contributed by atoms with van der Waals surface area (Å²) < 4.78 is 26.4. The van der Waals surface area contributed by atoms with Crippen LogP contribution in [0.2, 0.25) is 0 Å². The zero-order valence-corrected chi connectivity index (χ0v) is 12.2. The topological polar surface area (TPSA) is 87.2 Å². The van der Waals surface area contributed by atoms with E-state index in [0.717, 1.165) is 0 Å². The van der Waals surface area contributed by atoms with E-state index in [2.05, 4.69) is 0 Å². The van der Waals surface area contributed by atoms with Crippen LogP contribution in [-0.2, 0) is 10.0 Å². The van der Waals surface area contributed by atoms with E-state index in [9.17, 15) is 8.42 Å². The highest BCUT2D eigenvalue weighted by Crippen LogP contribution is 2.17. The van der Waals surface area contributed by atoms with Crippen LogP contribution in [-0.4, -0.2) is 31.6 Å². The van der Waals surface area contributed by atoms with Gasteiger partial charge in [0.1, 0.15) is 0 Å². The Kier molecular flexibility index (Phi) is 5.50. The van der Waals surface area contributed by atoms with Crippen molar-refractivity contribution in [3.8, 4) is 0 Å². The number of sulfonamides is 1. The van der Waals surface area contributed by atoms with E-state index < -0.39 is 10.0 Å². The molecule has 0 saturated heterocycles. The molecule has 1 aromatic rings. The van der Waals surface area contributed by atoms with E-state index in [4.69, 9.17) is 11.1 Å². The Balaban J connectivity index is 2.98. The molecule has 0 radical (unpaired) electrons. The second-order valence-corrected chi connectivity index (χ2v) is 6.78. The van der Waals surface area contributed by atoms with Gasteiger partial charge in [-0.05, 0) is 18.1 Å². The second kappa shape index (κ2) is 6.68. The monoisotopic (exact) mass is 283 g/mol. The number of amidine groups is 1. The van der Waals surface area contributed by atoms with Crippen LogP contribution in [0.4, 0.5) is 0 Å². The lowest BCUT2D eigenvalue weighted by Gasteiger charge is -2.23. The third kappa shape index (κ3) is 4.65. The fourth-order valence-electron chi connectivity index (χ4n) is 1.70. The lowest BCUT2D eigenvalue weighted by Crippen LogP contribution is -2.36. The number of rotatable bonds is 7. The Morgan fingerprint density at radius 2 is 1.89 bits per heavy atom. The van der Waals surface area contributed by atoms with Crippen LogP contribution in [0.1, 0.15) is 20.3 Å². The van der Waals surface area contributed by atoms with Gasteiger partial charge in [-0.15, -0.1) is 0 Å². The van der Waals surface area contributed by atoms with Crippen LogP contribution in [0.5, 0.6) is 0 Å². The first kappa shape index (κ1) is 15.7. The highest BCUT2D eigenvalue weighted by atomic mass is 32.2. The van der Waals surface area contributed by atoms with Gasteiger partial charge >= 0.3 is 0 Å². The van der Waals surface area contributed by atoms with Gasteiger partial charge in [0.2, 0.25) is 10.0 Å². The van der Waals surface area contributed by atoms with Crippen LogP contribution in [0.25, 0.3) is 0 Å². The SMILES string of the molecule is CC(C)CN(CCC(=N)N)S(=O)(=O)c1ccccc1. The van der Waals surface area contributed by atoms with Gasteiger partial charge < -0.3 is 5.73 Å². The molecule has 0 unspecified atom stereocenters. The Bertz CT molecular complexity index is 512. The van der Waals surface area contributed by atoms with Crippen molar-refractivity contribution in [2.45, 2.75) is 25.2 Å². The molecular weight excluding hydrogens is 262 g/mol. The predicted octanol–water partition coefficient (Wildman–Crippen LogP) is 1.66. The van der Waals surface area contributed by atoms with E-state index in [-0.39, 0.29) is 29.6 Å². The minimum Gasteiger partial charge on any atom is -0.388 e. The first-order valence-corrected chi connectivity index (χ1v) is 7.66. The van der Waals surface area contributed by atoms with E-state index in [1.807, 2.05) is 13.8 Å². The molecule has 0 fully saturated rings. The van der Waals surface area contributed by atoms with Gasteiger partial charge in [-0.2, -0.15) is 4.31 Å². The van der Waals surface area contributed by atoms with Crippen molar-refractivity contribution in [2.75, 3.05) is 13.1 Å². The molecule has 5 nitrogen and oxygen atoms in total. The molecule has 1 rings (SSSR count). The third-order valence-corrected chi connectivity index (χ3v) is 4.46. The average molecular weight is 283 g/mol. The number of nitrogens with one attached hydrogen (secondary N) is 1. The van der Waals surface area contributed by atoms with Crippen molar-refractivity contribution < 1.29 is 8.42 Å². The number of nitrogens with two attached hydrogens (primary N) is 1. The summed E-state index contributed by atoms with van der Waals surface area (Å²) in [7, 11) is -3.51. The molecule has 0 spiro atoms. The fourth-order valence-corrected chi connectivity index (χ4v) is 3.33. The molecule has 0 aliphatic carbocycles. The van der Waals surface area contributed by atoms with Gasteiger partial charge in [-0.25, -0.2) is 8.42 Å². The molecule has 6 heteroatoms. The number of hydrogen-bond acceptors (Lipinski definition) is 3. The summed E-state index contributed by atoms with van der Waals surface area (Å²) in [5.74, 6) is 0.211. The van der Waals surface area contributed by atoms with Gasteiger partial charge in [0.25, 0.3) is 0 Å². The van der Waals surface area contributed by atoms with Crippen LogP contribution in [0, 0.1) is 11.3 Å². The largest absolute Gasteiger partial charge is 0.388 e. The van der Waals surface area contributed by atoms with Gasteiger partial charge in [0, 0.05) is 19.5 Å². The smallest absolute Gasteiger partial charge is 0.243 e. The highest BCUT2D eigenvalue weighted by molar-refractivity contribution is 7.89. The molecule has 106 valence electrons. The predicted molar refractivity (Wildman–Crippen MR) is 76.6 cm³/mol. The minimum atomic E-state index is -3.51. The molecule has 0 bridgehead atoms. The second-order valence-electron chi connectivity index (χ2n) is 4.85. The molecule has 0 saturated carbocycles. The molecule has 1 aromatic carbocycles. The first-order valence-electron chi connectivity index (χ1n) is 6.22. The van der Waals surface area contributed by atoms with Crippen LogP contribution in [0.3, 0.4) is 0 Å². The van der Waals surface area contributed by atoms with Crippen molar-refractivity contribution >= 4 is 15.9 Å². The molecule has 0 heterocycles. The zero-order valence-electron chi connectivity index (χ0n) is 11.3. The van der Waals surface area contributed by atoms with Gasteiger partial charge in [-0.3, -0.25) is 5.41 Å². The van der Waals surface area contributed by atoms with E-state index in [1.165, 1.54) is 4.31 Å². The van der Waals surface area contributed by atoms with E-state index >= 15 is 0 Å². The summed E-state index contributed by atoms with van der Waals surface area (Å²) in [4.78, 5) is 0.277. The quantitative estimate of drug-likeness (QED) is 0.589. The maximum absolute atomic E-state index is 12.5. The maximum Gasteiger partial charge on any atom is 0.243 e. The molecule has 0 aromatic heterocycles. The lowest BCUT2D eigenvalue weighted by atomic mass is 10.2. The Labute approximate surface area is 115 Å². The molecule has 0 aliphatic heterocycles. The standard InChI is InChI=1S/C13H21N3O2S/c1-11(2)10-16(9-8-13(14)15)19(17,18)12-6-4-3-5-7-12/h3-7,11H,8-10H2,1-2H3,(H3,14,15). The van der Waals surface area contributed by atoms with Crippen molar-refractivity contribution in [2.24, 2.45) is 11.7 Å². The Morgan fingerprint density at radius 1 is 1.32 bits per heavy atom. The van der Waals surface area contributed by atoms with Crippen molar-refractivity contribution in [1.82, 2.24) is 4.31 Å². The van der Waals surface area contributed by atoms with Crippen LogP contribution >= 0.6 is 0 Å². The van der Waals surface area contributed by atoms with Crippen LogP contribution < -0.4 is 5.73 Å². The van der Waals surface area contributed by atoms with Crippen molar-refractivity contribution in [1.29, 1.82) is 5.41 Å². The fraction of sp³-hybridized carbons (Fsp3) is 0.462.